The molecule has 0 spiro atoms. The summed E-state index contributed by atoms with van der Waals surface area (Å²) in [5.41, 5.74) is 0.552. The van der Waals surface area contributed by atoms with Crippen LogP contribution < -0.4 is 0 Å². The van der Waals surface area contributed by atoms with Crippen LogP contribution in [0.1, 0.15) is 12.5 Å². The smallest absolute Gasteiger partial charge is 0.136 e. The van der Waals surface area contributed by atoms with Crippen molar-refractivity contribution >= 4 is 11.8 Å². The maximum Gasteiger partial charge on any atom is 0.136 e. The van der Waals surface area contributed by atoms with E-state index < -0.39 is 23.7 Å². The number of aliphatic hydroxyl groups excluding tert-OH is 2. The Balaban J connectivity index is 1.71. The standard InChI is InChI=1S/C20H24O4S/c1-14-17(21)13-24-20(25-16-10-6-3-7-11-16)18(22)19(14)23-12-15-8-4-2-5-9-15/h2-11,14,17-22H,12-13H2,1H3/t14-,17-,18+,19+,20-/m1/s1. The monoisotopic (exact) mass is 360 g/mol. The van der Waals surface area contributed by atoms with E-state index in [1.54, 1.807) is 0 Å². The van der Waals surface area contributed by atoms with Gasteiger partial charge in [0.2, 0.25) is 0 Å². The second kappa shape index (κ2) is 8.83. The van der Waals surface area contributed by atoms with Crippen LogP contribution in [0.5, 0.6) is 0 Å². The highest BCUT2D eigenvalue weighted by Crippen LogP contribution is 2.33. The molecule has 1 aliphatic heterocycles. The topological polar surface area (TPSA) is 58.9 Å². The zero-order valence-corrected chi connectivity index (χ0v) is 15.0. The molecule has 2 aromatic rings. The predicted molar refractivity (Wildman–Crippen MR) is 98.2 cm³/mol. The number of hydrogen-bond donors (Lipinski definition) is 2. The van der Waals surface area contributed by atoms with Gasteiger partial charge in [-0.15, -0.1) is 0 Å². The van der Waals surface area contributed by atoms with E-state index in [-0.39, 0.29) is 12.5 Å². The van der Waals surface area contributed by atoms with Gasteiger partial charge in [0.15, 0.2) is 0 Å². The van der Waals surface area contributed by atoms with Gasteiger partial charge in [0, 0.05) is 10.8 Å². The van der Waals surface area contributed by atoms with E-state index in [2.05, 4.69) is 0 Å². The highest BCUT2D eigenvalue weighted by molar-refractivity contribution is 7.99. The first-order chi connectivity index (χ1) is 12.1. The summed E-state index contributed by atoms with van der Waals surface area (Å²) in [5, 5.41) is 21.2. The molecule has 2 N–H and O–H groups in total. The van der Waals surface area contributed by atoms with Crippen molar-refractivity contribution in [2.24, 2.45) is 5.92 Å². The van der Waals surface area contributed by atoms with Crippen molar-refractivity contribution in [3.05, 3.63) is 66.2 Å². The van der Waals surface area contributed by atoms with Crippen molar-refractivity contribution in [3.63, 3.8) is 0 Å². The van der Waals surface area contributed by atoms with Crippen molar-refractivity contribution in [2.75, 3.05) is 6.61 Å². The number of rotatable bonds is 5. The summed E-state index contributed by atoms with van der Waals surface area (Å²) < 4.78 is 11.8. The molecule has 1 fully saturated rings. The van der Waals surface area contributed by atoms with Crippen molar-refractivity contribution < 1.29 is 19.7 Å². The van der Waals surface area contributed by atoms with Gasteiger partial charge in [-0.3, -0.25) is 0 Å². The Morgan fingerprint density at radius 2 is 1.68 bits per heavy atom. The Hall–Kier alpha value is -1.37. The number of ether oxygens (including phenoxy) is 2. The summed E-state index contributed by atoms with van der Waals surface area (Å²) in [6, 6.07) is 19.6. The minimum Gasteiger partial charge on any atom is -0.390 e. The van der Waals surface area contributed by atoms with Crippen molar-refractivity contribution in [1.82, 2.24) is 0 Å². The van der Waals surface area contributed by atoms with Gasteiger partial charge in [0.25, 0.3) is 0 Å². The Morgan fingerprint density at radius 1 is 1.04 bits per heavy atom. The van der Waals surface area contributed by atoms with Crippen molar-refractivity contribution in [3.8, 4) is 0 Å². The normalized spacial score (nSPS) is 30.0. The van der Waals surface area contributed by atoms with Gasteiger partial charge in [-0.1, -0.05) is 67.2 Å². The van der Waals surface area contributed by atoms with E-state index in [0.717, 1.165) is 10.5 Å². The SMILES string of the molecule is C[C@H]1[C@H](OCc2ccccc2)[C@H](O)[C@@H](Sc2ccccc2)OC[C@H]1O. The van der Waals surface area contributed by atoms with Crippen LogP contribution >= 0.6 is 11.8 Å². The molecule has 5 atom stereocenters. The van der Waals surface area contributed by atoms with Gasteiger partial charge >= 0.3 is 0 Å². The lowest BCUT2D eigenvalue weighted by Gasteiger charge is -2.30. The van der Waals surface area contributed by atoms with E-state index in [4.69, 9.17) is 9.47 Å². The first-order valence-electron chi connectivity index (χ1n) is 8.50. The minimum atomic E-state index is -0.832. The van der Waals surface area contributed by atoms with Gasteiger partial charge in [-0.05, 0) is 17.7 Å². The molecule has 0 aliphatic carbocycles. The molecule has 2 aromatic carbocycles. The Morgan fingerprint density at radius 3 is 2.36 bits per heavy atom. The summed E-state index contributed by atoms with van der Waals surface area (Å²) in [7, 11) is 0. The number of aliphatic hydroxyl groups is 2. The molecule has 0 saturated carbocycles. The maximum atomic E-state index is 10.9. The van der Waals surface area contributed by atoms with E-state index in [1.165, 1.54) is 11.8 Å². The summed E-state index contributed by atoms with van der Waals surface area (Å²) in [5.74, 6) is -0.222. The number of hydrogen-bond acceptors (Lipinski definition) is 5. The molecule has 1 aliphatic rings. The molecule has 0 unspecified atom stereocenters. The lowest BCUT2D eigenvalue weighted by atomic mass is 9.95. The second-order valence-corrected chi connectivity index (χ2v) is 7.48. The van der Waals surface area contributed by atoms with Crippen LogP contribution in [0.15, 0.2) is 65.6 Å². The lowest BCUT2D eigenvalue weighted by Crippen LogP contribution is -2.42. The summed E-state index contributed by atoms with van der Waals surface area (Å²) in [6.07, 6.45) is -2.00. The zero-order valence-electron chi connectivity index (χ0n) is 14.2. The Bertz CT molecular complexity index is 637. The lowest BCUT2D eigenvalue weighted by molar-refractivity contribution is -0.0944. The Kier molecular flexibility index (Phi) is 6.51. The first kappa shape index (κ1) is 18.4. The fraction of sp³-hybridized carbons (Fsp3) is 0.400. The summed E-state index contributed by atoms with van der Waals surface area (Å²) in [4.78, 5) is 1.01. The number of thioether (sulfide) groups is 1. The van der Waals surface area contributed by atoms with Gasteiger partial charge in [-0.25, -0.2) is 0 Å². The molecule has 0 aromatic heterocycles. The van der Waals surface area contributed by atoms with Crippen LogP contribution in [0.4, 0.5) is 0 Å². The highest BCUT2D eigenvalue weighted by atomic mass is 32.2. The maximum absolute atomic E-state index is 10.9. The van der Waals surface area contributed by atoms with Crippen LogP contribution in [0.25, 0.3) is 0 Å². The molecule has 0 bridgehead atoms. The van der Waals surface area contributed by atoms with E-state index >= 15 is 0 Å². The molecule has 4 nitrogen and oxygen atoms in total. The molecule has 25 heavy (non-hydrogen) atoms. The molecule has 0 amide bonds. The van der Waals surface area contributed by atoms with Gasteiger partial charge < -0.3 is 19.7 Å². The van der Waals surface area contributed by atoms with E-state index in [9.17, 15) is 10.2 Å². The summed E-state index contributed by atoms with van der Waals surface area (Å²) in [6.45, 7) is 2.47. The van der Waals surface area contributed by atoms with Crippen molar-refractivity contribution in [2.45, 2.75) is 42.2 Å². The molecule has 5 heteroatoms. The molecule has 1 saturated heterocycles. The molecular weight excluding hydrogens is 336 g/mol. The molecular formula is C20H24O4S. The van der Waals surface area contributed by atoms with Crippen LogP contribution in [0, 0.1) is 5.92 Å². The van der Waals surface area contributed by atoms with Gasteiger partial charge in [0.1, 0.15) is 11.5 Å². The summed E-state index contributed by atoms with van der Waals surface area (Å²) >= 11 is 1.45. The highest BCUT2D eigenvalue weighted by Gasteiger charge is 2.40. The van der Waals surface area contributed by atoms with Crippen LogP contribution in [-0.2, 0) is 16.1 Å². The third-order valence-corrected chi connectivity index (χ3v) is 5.64. The van der Waals surface area contributed by atoms with Crippen LogP contribution in [0.3, 0.4) is 0 Å². The average molecular weight is 360 g/mol. The quantitative estimate of drug-likeness (QED) is 0.858. The Labute approximate surface area is 152 Å². The fourth-order valence-electron chi connectivity index (χ4n) is 2.88. The second-order valence-electron chi connectivity index (χ2n) is 6.31. The van der Waals surface area contributed by atoms with Crippen molar-refractivity contribution in [1.29, 1.82) is 0 Å². The first-order valence-corrected chi connectivity index (χ1v) is 9.38. The van der Waals surface area contributed by atoms with E-state index in [1.807, 2.05) is 67.6 Å². The van der Waals surface area contributed by atoms with Crippen LogP contribution in [-0.4, -0.2) is 40.6 Å². The van der Waals surface area contributed by atoms with Gasteiger partial charge in [0.05, 0.1) is 25.4 Å². The number of benzene rings is 2. The minimum absolute atomic E-state index is 0.188. The van der Waals surface area contributed by atoms with Crippen LogP contribution in [0.2, 0.25) is 0 Å². The fourth-order valence-corrected chi connectivity index (χ4v) is 3.91. The van der Waals surface area contributed by atoms with Gasteiger partial charge in [-0.2, -0.15) is 0 Å². The molecule has 134 valence electrons. The molecule has 3 rings (SSSR count). The predicted octanol–water partition coefficient (Wildman–Crippen LogP) is 3.08. The zero-order chi connectivity index (χ0) is 17.6. The third-order valence-electron chi connectivity index (χ3n) is 4.45. The largest absolute Gasteiger partial charge is 0.390 e. The molecule has 0 radical (unpaired) electrons. The van der Waals surface area contributed by atoms with E-state index in [0.29, 0.717) is 6.61 Å². The molecule has 1 heterocycles. The third kappa shape index (κ3) is 4.84. The average Bonchev–Trinajstić information content (AvgIpc) is 2.74.